The number of nitrogens with one attached hydrogen (secondary N) is 1. The Bertz CT molecular complexity index is 1520. The van der Waals surface area contributed by atoms with Crippen molar-refractivity contribution in [1.29, 1.82) is 0 Å². The zero-order chi connectivity index (χ0) is 24.5. The summed E-state index contributed by atoms with van der Waals surface area (Å²) in [6.07, 6.45) is 7.56. The van der Waals surface area contributed by atoms with E-state index in [1.807, 2.05) is 42.6 Å². The number of ether oxygens (including phenoxy) is 1. The van der Waals surface area contributed by atoms with Crippen molar-refractivity contribution in [3.63, 3.8) is 0 Å². The van der Waals surface area contributed by atoms with E-state index in [9.17, 15) is 0 Å². The molecule has 0 saturated carbocycles. The van der Waals surface area contributed by atoms with Crippen LogP contribution in [0.4, 0.5) is 5.82 Å². The van der Waals surface area contributed by atoms with Gasteiger partial charge in [-0.05, 0) is 73.2 Å². The average molecular weight is 518 g/mol. The minimum Gasteiger partial charge on any atom is -0.366 e. The molecule has 1 N–H and O–H groups in total. The van der Waals surface area contributed by atoms with Crippen molar-refractivity contribution >= 4 is 51.0 Å². The lowest BCUT2D eigenvalue weighted by atomic mass is 10.0. The minimum absolute atomic E-state index is 0.0222. The Balaban J connectivity index is 1.09. The quantitative estimate of drug-likeness (QED) is 0.231. The largest absolute Gasteiger partial charge is 0.366 e. The van der Waals surface area contributed by atoms with Gasteiger partial charge in [0.2, 0.25) is 0 Å². The molecule has 0 radical (unpaired) electrons. The number of pyridine rings is 1. The molecule has 0 amide bonds. The second-order valence-electron chi connectivity index (χ2n) is 9.16. The number of benzene rings is 2. The van der Waals surface area contributed by atoms with E-state index in [2.05, 4.69) is 44.1 Å². The third-order valence-electron chi connectivity index (χ3n) is 6.75. The summed E-state index contributed by atoms with van der Waals surface area (Å²) in [4.78, 5) is 13.3. The van der Waals surface area contributed by atoms with Gasteiger partial charge in [0, 0.05) is 23.2 Å². The van der Waals surface area contributed by atoms with Crippen LogP contribution in [0.3, 0.4) is 0 Å². The van der Waals surface area contributed by atoms with Crippen LogP contribution in [0.1, 0.15) is 36.6 Å². The predicted octanol–water partition coefficient (Wildman–Crippen LogP) is 7.21. The fourth-order valence-corrected chi connectivity index (χ4v) is 5.13. The Morgan fingerprint density at radius 3 is 2.67 bits per heavy atom. The summed E-state index contributed by atoms with van der Waals surface area (Å²) in [5.41, 5.74) is 4.24. The number of anilines is 1. The van der Waals surface area contributed by atoms with Crippen molar-refractivity contribution in [3.05, 3.63) is 94.5 Å². The highest BCUT2D eigenvalue weighted by Crippen LogP contribution is 2.34. The highest BCUT2D eigenvalue weighted by Gasteiger charge is 2.27. The van der Waals surface area contributed by atoms with Crippen LogP contribution in [-0.4, -0.2) is 25.6 Å². The SMILES string of the molecule is Clc1ccc(CNc2ccc3ccc(CCC4CCC(n5ccc6c(Cl)ncnc65)O4)cc3n2)cc1. The van der Waals surface area contributed by atoms with Crippen LogP contribution in [0.25, 0.3) is 21.9 Å². The van der Waals surface area contributed by atoms with Crippen LogP contribution in [-0.2, 0) is 17.7 Å². The molecule has 1 saturated heterocycles. The van der Waals surface area contributed by atoms with Gasteiger partial charge in [0.05, 0.1) is 17.0 Å². The minimum atomic E-state index is -0.0222. The summed E-state index contributed by atoms with van der Waals surface area (Å²) in [6, 6.07) is 20.5. The molecule has 182 valence electrons. The normalized spacial score (nSPS) is 17.7. The Labute approximate surface area is 219 Å². The van der Waals surface area contributed by atoms with Gasteiger partial charge in [-0.15, -0.1) is 0 Å². The second kappa shape index (κ2) is 10.1. The van der Waals surface area contributed by atoms with E-state index < -0.39 is 0 Å². The number of hydrogen-bond acceptors (Lipinski definition) is 5. The van der Waals surface area contributed by atoms with Crippen LogP contribution in [0.15, 0.2) is 73.2 Å². The molecular formula is C28H25Cl2N5O. The topological polar surface area (TPSA) is 64.9 Å². The van der Waals surface area contributed by atoms with E-state index in [0.717, 1.165) is 64.0 Å². The molecule has 0 spiro atoms. The summed E-state index contributed by atoms with van der Waals surface area (Å²) in [5, 5.41) is 6.62. The van der Waals surface area contributed by atoms with Crippen molar-refractivity contribution in [3.8, 4) is 0 Å². The molecule has 6 rings (SSSR count). The molecule has 5 aromatic rings. The van der Waals surface area contributed by atoms with Crippen LogP contribution < -0.4 is 5.32 Å². The van der Waals surface area contributed by atoms with E-state index in [1.54, 1.807) is 0 Å². The summed E-state index contributed by atoms with van der Waals surface area (Å²) in [5.74, 6) is 0.861. The van der Waals surface area contributed by atoms with E-state index in [0.29, 0.717) is 11.7 Å². The van der Waals surface area contributed by atoms with Gasteiger partial charge in [0.1, 0.15) is 29.2 Å². The summed E-state index contributed by atoms with van der Waals surface area (Å²) < 4.78 is 8.46. The van der Waals surface area contributed by atoms with E-state index in [4.69, 9.17) is 32.9 Å². The van der Waals surface area contributed by atoms with E-state index in [-0.39, 0.29) is 12.3 Å². The Morgan fingerprint density at radius 2 is 1.78 bits per heavy atom. The van der Waals surface area contributed by atoms with Gasteiger partial charge < -0.3 is 14.6 Å². The number of hydrogen-bond donors (Lipinski definition) is 1. The molecule has 2 atom stereocenters. The molecule has 8 heteroatoms. The molecule has 4 heterocycles. The number of nitrogens with zero attached hydrogens (tertiary/aromatic N) is 4. The molecule has 36 heavy (non-hydrogen) atoms. The predicted molar refractivity (Wildman–Crippen MR) is 145 cm³/mol. The summed E-state index contributed by atoms with van der Waals surface area (Å²) in [7, 11) is 0. The van der Waals surface area contributed by atoms with Gasteiger partial charge >= 0.3 is 0 Å². The average Bonchev–Trinajstić information content (AvgIpc) is 3.55. The first kappa shape index (κ1) is 23.2. The fourth-order valence-electron chi connectivity index (χ4n) is 4.82. The monoisotopic (exact) mass is 517 g/mol. The zero-order valence-electron chi connectivity index (χ0n) is 19.6. The molecule has 0 aliphatic carbocycles. The summed E-state index contributed by atoms with van der Waals surface area (Å²) >= 11 is 12.2. The first-order valence-corrected chi connectivity index (χ1v) is 12.9. The van der Waals surface area contributed by atoms with Crippen molar-refractivity contribution in [1.82, 2.24) is 19.5 Å². The molecule has 0 bridgehead atoms. The third kappa shape index (κ3) is 4.89. The van der Waals surface area contributed by atoms with Crippen LogP contribution in [0.2, 0.25) is 10.2 Å². The maximum atomic E-state index is 6.39. The van der Waals surface area contributed by atoms with Gasteiger partial charge in [-0.25, -0.2) is 15.0 Å². The summed E-state index contributed by atoms with van der Waals surface area (Å²) in [6.45, 7) is 0.699. The van der Waals surface area contributed by atoms with Crippen molar-refractivity contribution in [2.24, 2.45) is 0 Å². The molecule has 6 nitrogen and oxygen atoms in total. The molecule has 3 aromatic heterocycles. The number of aryl methyl sites for hydroxylation is 1. The Morgan fingerprint density at radius 1 is 0.944 bits per heavy atom. The molecule has 1 aliphatic heterocycles. The maximum absolute atomic E-state index is 6.39. The van der Waals surface area contributed by atoms with Crippen LogP contribution >= 0.6 is 23.2 Å². The molecule has 1 aliphatic rings. The van der Waals surface area contributed by atoms with Gasteiger partial charge in [-0.2, -0.15) is 0 Å². The van der Waals surface area contributed by atoms with Crippen LogP contribution in [0, 0.1) is 0 Å². The molecule has 2 aromatic carbocycles. The number of halogens is 2. The van der Waals surface area contributed by atoms with Crippen molar-refractivity contribution in [2.45, 2.75) is 44.6 Å². The number of aromatic nitrogens is 4. The van der Waals surface area contributed by atoms with E-state index in [1.165, 1.54) is 11.9 Å². The smallest absolute Gasteiger partial charge is 0.146 e. The van der Waals surface area contributed by atoms with Crippen molar-refractivity contribution in [2.75, 3.05) is 5.32 Å². The van der Waals surface area contributed by atoms with Gasteiger partial charge in [0.15, 0.2) is 0 Å². The Kier molecular flexibility index (Phi) is 6.48. The van der Waals surface area contributed by atoms with Gasteiger partial charge in [0.25, 0.3) is 0 Å². The molecule has 1 fully saturated rings. The highest BCUT2D eigenvalue weighted by molar-refractivity contribution is 6.33. The first-order chi connectivity index (χ1) is 17.6. The van der Waals surface area contributed by atoms with E-state index >= 15 is 0 Å². The second-order valence-corrected chi connectivity index (χ2v) is 9.95. The number of fused-ring (bicyclic) bond motifs is 2. The van der Waals surface area contributed by atoms with Crippen molar-refractivity contribution < 1.29 is 4.74 Å². The molecule has 2 unspecified atom stereocenters. The Hall–Kier alpha value is -3.19. The first-order valence-electron chi connectivity index (χ1n) is 12.1. The zero-order valence-corrected chi connectivity index (χ0v) is 21.1. The lowest BCUT2D eigenvalue weighted by molar-refractivity contribution is 0.00120. The molecular weight excluding hydrogens is 493 g/mol. The highest BCUT2D eigenvalue weighted by atomic mass is 35.5. The van der Waals surface area contributed by atoms with Crippen LogP contribution in [0.5, 0.6) is 0 Å². The van der Waals surface area contributed by atoms with Gasteiger partial charge in [-0.3, -0.25) is 0 Å². The fraction of sp³-hybridized carbons (Fsp3) is 0.250. The maximum Gasteiger partial charge on any atom is 0.146 e. The number of rotatable bonds is 7. The standard InChI is InChI=1S/C28H25Cl2N5O/c29-21-7-2-19(3-8-21)16-31-25-11-6-20-5-1-18(15-24(20)34-25)4-9-22-10-12-26(36-22)35-14-13-23-27(30)32-17-33-28(23)35/h1-3,5-8,11,13-15,17,22,26H,4,9-10,12,16H2,(H,31,34). The third-order valence-corrected chi connectivity index (χ3v) is 7.31. The lowest BCUT2D eigenvalue weighted by Gasteiger charge is -2.16. The van der Waals surface area contributed by atoms with Gasteiger partial charge in [-0.1, -0.05) is 47.5 Å². The lowest BCUT2D eigenvalue weighted by Crippen LogP contribution is -2.12.